The number of fused-ring (bicyclic) bond motifs is 1. The van der Waals surface area contributed by atoms with Gasteiger partial charge in [-0.05, 0) is 24.3 Å². The summed E-state index contributed by atoms with van der Waals surface area (Å²) in [7, 11) is 0. The molecule has 1 aliphatic heterocycles. The highest BCUT2D eigenvalue weighted by Gasteiger charge is 2.34. The van der Waals surface area contributed by atoms with Gasteiger partial charge < -0.3 is 20.4 Å². The number of imidazole rings is 1. The average molecular weight is 448 g/mol. The topological polar surface area (TPSA) is 108 Å². The van der Waals surface area contributed by atoms with Gasteiger partial charge in [-0.1, -0.05) is 11.8 Å². The second-order valence-corrected chi connectivity index (χ2v) is 7.42. The third-order valence-electron chi connectivity index (χ3n) is 4.23. The lowest BCUT2D eigenvalue weighted by molar-refractivity contribution is -0.141. The molecule has 0 atom stereocenters. The molecular weight excluding hydrogens is 433 g/mol. The Morgan fingerprint density at radius 2 is 2.10 bits per heavy atom. The standard InChI is InChI=1S/C19H15F3N6O2S/c20-19(21,22)14-3-4-25-17(27-14)15(16(23)29)18-26-12-2-1-11(9-13(12)31-18)30-8-7-28-6-5-24-10-28/h1-6,9-10,26H,7-8H2,(H2,23,29). The largest absolute Gasteiger partial charge is 0.492 e. The number of nitrogens with two attached hydrogens (primary N) is 1. The number of anilines is 1. The molecule has 4 rings (SSSR count). The Morgan fingerprint density at radius 1 is 1.26 bits per heavy atom. The summed E-state index contributed by atoms with van der Waals surface area (Å²) in [5, 5.41) is 3.24. The zero-order valence-electron chi connectivity index (χ0n) is 15.8. The van der Waals surface area contributed by atoms with E-state index in [1.807, 2.05) is 10.8 Å². The summed E-state index contributed by atoms with van der Waals surface area (Å²) >= 11 is 1.14. The van der Waals surface area contributed by atoms with Crippen LogP contribution in [-0.2, 0) is 17.5 Å². The highest BCUT2D eigenvalue weighted by Crippen LogP contribution is 2.45. The molecule has 8 nitrogen and oxygen atoms in total. The fraction of sp³-hybridized carbons (Fsp3) is 0.158. The minimum Gasteiger partial charge on any atom is -0.492 e. The number of carbonyl (C=O) groups is 1. The fourth-order valence-corrected chi connectivity index (χ4v) is 3.88. The van der Waals surface area contributed by atoms with Gasteiger partial charge in [0.05, 0.1) is 23.6 Å². The van der Waals surface area contributed by atoms with E-state index in [0.29, 0.717) is 24.6 Å². The van der Waals surface area contributed by atoms with E-state index in [0.717, 1.165) is 28.9 Å². The second kappa shape index (κ2) is 8.30. The van der Waals surface area contributed by atoms with Gasteiger partial charge in [0.1, 0.15) is 23.6 Å². The SMILES string of the molecule is NC(=O)C(=C1Nc2ccc(OCCn3ccnc3)cc2S1)c1nccc(C(F)(F)F)n1. The van der Waals surface area contributed by atoms with E-state index in [1.54, 1.807) is 30.7 Å². The number of hydrogen-bond donors (Lipinski definition) is 2. The molecule has 1 amide bonds. The molecule has 3 N–H and O–H groups in total. The van der Waals surface area contributed by atoms with Gasteiger partial charge in [0, 0.05) is 23.5 Å². The predicted molar refractivity (Wildman–Crippen MR) is 107 cm³/mol. The van der Waals surface area contributed by atoms with Crippen LogP contribution in [0.25, 0.3) is 5.57 Å². The van der Waals surface area contributed by atoms with Crippen molar-refractivity contribution in [1.29, 1.82) is 0 Å². The van der Waals surface area contributed by atoms with Crippen molar-refractivity contribution in [2.24, 2.45) is 5.73 Å². The van der Waals surface area contributed by atoms with E-state index >= 15 is 0 Å². The van der Waals surface area contributed by atoms with E-state index in [4.69, 9.17) is 10.5 Å². The maximum Gasteiger partial charge on any atom is 0.433 e. The van der Waals surface area contributed by atoms with Crippen molar-refractivity contribution in [2.75, 3.05) is 11.9 Å². The number of nitrogens with one attached hydrogen (secondary N) is 1. The average Bonchev–Trinajstić information content (AvgIpc) is 3.37. The van der Waals surface area contributed by atoms with Gasteiger partial charge >= 0.3 is 6.18 Å². The molecule has 0 unspecified atom stereocenters. The van der Waals surface area contributed by atoms with Crippen LogP contribution in [-0.4, -0.2) is 32.0 Å². The first-order chi connectivity index (χ1) is 14.8. The van der Waals surface area contributed by atoms with Crippen molar-refractivity contribution in [1.82, 2.24) is 19.5 Å². The zero-order valence-corrected chi connectivity index (χ0v) is 16.6. The highest BCUT2D eigenvalue weighted by atomic mass is 32.2. The summed E-state index contributed by atoms with van der Waals surface area (Å²) in [6, 6.07) is 5.98. The van der Waals surface area contributed by atoms with Gasteiger partial charge in [0.2, 0.25) is 0 Å². The molecule has 3 aromatic rings. The summed E-state index contributed by atoms with van der Waals surface area (Å²) in [6.45, 7) is 1.03. The van der Waals surface area contributed by atoms with Crippen LogP contribution in [0.2, 0.25) is 0 Å². The molecular formula is C19H15F3N6O2S. The van der Waals surface area contributed by atoms with Crippen LogP contribution in [0.1, 0.15) is 11.5 Å². The number of aromatic nitrogens is 4. The number of ether oxygens (including phenoxy) is 1. The van der Waals surface area contributed by atoms with Crippen LogP contribution < -0.4 is 15.8 Å². The first-order valence-electron chi connectivity index (χ1n) is 8.93. The maximum absolute atomic E-state index is 13.0. The lowest BCUT2D eigenvalue weighted by Gasteiger charge is -2.09. The van der Waals surface area contributed by atoms with Crippen LogP contribution >= 0.6 is 11.8 Å². The summed E-state index contributed by atoms with van der Waals surface area (Å²) in [5.41, 5.74) is 4.71. The third kappa shape index (κ3) is 4.63. The quantitative estimate of drug-likeness (QED) is 0.558. The van der Waals surface area contributed by atoms with Crippen molar-refractivity contribution >= 4 is 28.9 Å². The summed E-state index contributed by atoms with van der Waals surface area (Å²) in [4.78, 5) is 24.0. The van der Waals surface area contributed by atoms with Crippen molar-refractivity contribution in [3.63, 3.8) is 0 Å². The molecule has 0 fully saturated rings. The molecule has 0 radical (unpaired) electrons. The molecule has 0 saturated carbocycles. The van der Waals surface area contributed by atoms with E-state index in [9.17, 15) is 18.0 Å². The van der Waals surface area contributed by atoms with Crippen LogP contribution in [0.3, 0.4) is 0 Å². The lowest BCUT2D eigenvalue weighted by atomic mass is 10.2. The van der Waals surface area contributed by atoms with Gasteiger partial charge in [0.25, 0.3) is 5.91 Å². The van der Waals surface area contributed by atoms with E-state index in [2.05, 4.69) is 20.3 Å². The van der Waals surface area contributed by atoms with Crippen molar-refractivity contribution in [3.05, 3.63) is 65.7 Å². The third-order valence-corrected chi connectivity index (χ3v) is 5.30. The number of thioether (sulfide) groups is 1. The van der Waals surface area contributed by atoms with Gasteiger partial charge in [-0.3, -0.25) is 4.79 Å². The number of amides is 1. The molecule has 0 saturated heterocycles. The Labute approximate surface area is 178 Å². The molecule has 0 spiro atoms. The summed E-state index contributed by atoms with van der Waals surface area (Å²) in [5.74, 6) is -0.744. The molecule has 12 heteroatoms. The Morgan fingerprint density at radius 3 is 2.81 bits per heavy atom. The molecule has 31 heavy (non-hydrogen) atoms. The summed E-state index contributed by atoms with van der Waals surface area (Å²) in [6.07, 6.45) is 1.45. The van der Waals surface area contributed by atoms with Gasteiger partial charge in [-0.2, -0.15) is 13.2 Å². The molecule has 1 aromatic carbocycles. The monoisotopic (exact) mass is 448 g/mol. The number of hydrogen-bond acceptors (Lipinski definition) is 7. The van der Waals surface area contributed by atoms with Crippen LogP contribution in [0.5, 0.6) is 5.75 Å². The number of benzene rings is 1. The van der Waals surface area contributed by atoms with Gasteiger partial charge in [0.15, 0.2) is 5.82 Å². The van der Waals surface area contributed by atoms with E-state index < -0.39 is 23.6 Å². The minimum absolute atomic E-state index is 0.227. The lowest BCUT2D eigenvalue weighted by Crippen LogP contribution is -2.19. The smallest absolute Gasteiger partial charge is 0.433 e. The van der Waals surface area contributed by atoms with Gasteiger partial charge in [-0.15, -0.1) is 0 Å². The minimum atomic E-state index is -4.67. The molecule has 2 aromatic heterocycles. The molecule has 3 heterocycles. The maximum atomic E-state index is 13.0. The Hall–Kier alpha value is -3.54. The zero-order chi connectivity index (χ0) is 22.0. The number of nitrogens with zero attached hydrogens (tertiary/aromatic N) is 4. The van der Waals surface area contributed by atoms with Gasteiger partial charge in [-0.25, -0.2) is 15.0 Å². The van der Waals surface area contributed by atoms with Crippen molar-refractivity contribution in [2.45, 2.75) is 17.6 Å². The molecule has 1 aliphatic rings. The van der Waals surface area contributed by atoms with E-state index in [1.165, 1.54) is 0 Å². The van der Waals surface area contributed by atoms with Crippen LogP contribution in [0.15, 0.2) is 59.1 Å². The fourth-order valence-electron chi connectivity index (χ4n) is 2.80. The first-order valence-corrected chi connectivity index (χ1v) is 9.75. The first kappa shape index (κ1) is 20.7. The van der Waals surface area contributed by atoms with Crippen molar-refractivity contribution in [3.8, 4) is 5.75 Å². The number of rotatable bonds is 6. The molecule has 0 aliphatic carbocycles. The van der Waals surface area contributed by atoms with Crippen molar-refractivity contribution < 1.29 is 22.7 Å². The summed E-state index contributed by atoms with van der Waals surface area (Å²) < 4.78 is 46.6. The predicted octanol–water partition coefficient (Wildman–Crippen LogP) is 3.14. The molecule has 160 valence electrons. The van der Waals surface area contributed by atoms with Crippen LogP contribution in [0, 0.1) is 0 Å². The number of primary amides is 1. The number of carbonyl (C=O) groups excluding carboxylic acids is 1. The Bertz CT molecular complexity index is 1150. The Balaban J connectivity index is 1.56. The normalized spacial score (nSPS) is 14.7. The second-order valence-electron chi connectivity index (χ2n) is 6.37. The van der Waals surface area contributed by atoms with Crippen LogP contribution in [0.4, 0.5) is 18.9 Å². The molecule has 0 bridgehead atoms. The van der Waals surface area contributed by atoms with E-state index in [-0.39, 0.29) is 10.6 Å². The Kier molecular flexibility index (Phi) is 5.55. The highest BCUT2D eigenvalue weighted by molar-refractivity contribution is 8.04. The number of halogens is 3. The number of alkyl halides is 3.